The highest BCUT2D eigenvalue weighted by molar-refractivity contribution is 5.83. The van der Waals surface area contributed by atoms with Gasteiger partial charge in [-0.1, -0.05) is 12.1 Å². The zero-order chi connectivity index (χ0) is 17.3. The molecule has 3 aromatic rings. The molecule has 0 fully saturated rings. The van der Waals surface area contributed by atoms with Crippen LogP contribution in [0.3, 0.4) is 0 Å². The van der Waals surface area contributed by atoms with Gasteiger partial charge in [-0.3, -0.25) is 9.89 Å². The fraction of sp³-hybridized carbons (Fsp3) is 0.389. The zero-order valence-corrected chi connectivity index (χ0v) is 14.6. The molecule has 1 amide bonds. The average molecular weight is 325 g/mol. The number of imidazole rings is 1. The van der Waals surface area contributed by atoms with Gasteiger partial charge in [-0.2, -0.15) is 5.10 Å². The number of nitrogens with one attached hydrogen (secondary N) is 2. The highest BCUT2D eigenvalue weighted by atomic mass is 16.1. The van der Waals surface area contributed by atoms with Gasteiger partial charge in [-0.05, 0) is 32.9 Å². The molecule has 0 bridgehead atoms. The summed E-state index contributed by atoms with van der Waals surface area (Å²) in [4.78, 5) is 17.0. The van der Waals surface area contributed by atoms with Crippen LogP contribution in [0.25, 0.3) is 11.0 Å². The van der Waals surface area contributed by atoms with Crippen LogP contribution in [-0.2, 0) is 18.3 Å². The van der Waals surface area contributed by atoms with E-state index in [2.05, 4.69) is 31.1 Å². The predicted molar refractivity (Wildman–Crippen MR) is 93.9 cm³/mol. The largest absolute Gasteiger partial charge is 0.355 e. The van der Waals surface area contributed by atoms with Crippen LogP contribution in [0.15, 0.2) is 24.3 Å². The minimum Gasteiger partial charge on any atom is -0.355 e. The van der Waals surface area contributed by atoms with Crippen LogP contribution < -0.4 is 5.32 Å². The van der Waals surface area contributed by atoms with E-state index in [4.69, 9.17) is 0 Å². The van der Waals surface area contributed by atoms with E-state index >= 15 is 0 Å². The lowest BCUT2D eigenvalue weighted by Gasteiger charge is -2.12. The smallest absolute Gasteiger partial charge is 0.227 e. The van der Waals surface area contributed by atoms with Crippen LogP contribution in [0, 0.1) is 13.8 Å². The van der Waals surface area contributed by atoms with Gasteiger partial charge in [0.2, 0.25) is 5.91 Å². The monoisotopic (exact) mass is 325 g/mol. The van der Waals surface area contributed by atoms with Crippen molar-refractivity contribution in [1.82, 2.24) is 25.1 Å². The predicted octanol–water partition coefficient (Wildman–Crippen LogP) is 2.38. The minimum absolute atomic E-state index is 0.0152. The van der Waals surface area contributed by atoms with Crippen molar-refractivity contribution in [2.24, 2.45) is 7.05 Å². The van der Waals surface area contributed by atoms with Gasteiger partial charge in [0.15, 0.2) is 0 Å². The second kappa shape index (κ2) is 6.47. The Bertz CT molecular complexity index is 857. The molecular formula is C18H23N5O. The van der Waals surface area contributed by atoms with Gasteiger partial charge in [0.05, 0.1) is 22.6 Å². The molecule has 3 rings (SSSR count). The van der Waals surface area contributed by atoms with E-state index in [1.54, 1.807) is 0 Å². The van der Waals surface area contributed by atoms with Gasteiger partial charge in [0.1, 0.15) is 5.82 Å². The molecule has 1 aromatic carbocycles. The molecule has 0 unspecified atom stereocenters. The number of H-pyrrole nitrogens is 1. The fourth-order valence-corrected chi connectivity index (χ4v) is 3.20. The first-order chi connectivity index (χ1) is 11.5. The molecular weight excluding hydrogens is 302 g/mol. The van der Waals surface area contributed by atoms with Crippen molar-refractivity contribution < 1.29 is 4.79 Å². The highest BCUT2D eigenvalue weighted by Crippen LogP contribution is 2.21. The third-order valence-corrected chi connectivity index (χ3v) is 4.54. The van der Waals surface area contributed by atoms with Gasteiger partial charge in [-0.25, -0.2) is 4.98 Å². The van der Waals surface area contributed by atoms with E-state index in [1.165, 1.54) is 0 Å². The summed E-state index contributed by atoms with van der Waals surface area (Å²) in [5.74, 6) is 0.769. The maximum Gasteiger partial charge on any atom is 0.227 e. The fourth-order valence-electron chi connectivity index (χ4n) is 3.20. The molecule has 0 radical (unpaired) electrons. The summed E-state index contributed by atoms with van der Waals surface area (Å²) < 4.78 is 2.08. The van der Waals surface area contributed by atoms with Gasteiger partial charge >= 0.3 is 0 Å². The molecule has 6 heteroatoms. The molecule has 0 aliphatic heterocycles. The van der Waals surface area contributed by atoms with E-state index in [0.717, 1.165) is 33.8 Å². The second-order valence-electron chi connectivity index (χ2n) is 6.19. The highest BCUT2D eigenvalue weighted by Gasteiger charge is 2.21. The Labute approximate surface area is 141 Å². The van der Waals surface area contributed by atoms with E-state index in [-0.39, 0.29) is 11.8 Å². The number of fused-ring (bicyclic) bond motifs is 1. The number of hydrogen-bond donors (Lipinski definition) is 2. The molecule has 2 heterocycles. The molecule has 2 aromatic heterocycles. The Kier molecular flexibility index (Phi) is 4.38. The van der Waals surface area contributed by atoms with Gasteiger partial charge in [-0.15, -0.1) is 0 Å². The van der Waals surface area contributed by atoms with Crippen LogP contribution in [0.2, 0.25) is 0 Å². The molecule has 0 aliphatic carbocycles. The summed E-state index contributed by atoms with van der Waals surface area (Å²) in [5, 5.41) is 10.1. The Morgan fingerprint density at radius 1 is 1.33 bits per heavy atom. The van der Waals surface area contributed by atoms with Crippen LogP contribution in [0.4, 0.5) is 0 Å². The lowest BCUT2D eigenvalue weighted by atomic mass is 9.98. The number of amides is 1. The standard InChI is InChI=1S/C18H23N5O/c1-11(17-12(2)21-22-13(17)3)18(24)19-10-9-16-20-14-7-5-6-8-15(14)23(16)4/h5-8,11H,9-10H2,1-4H3,(H,19,24)(H,21,22)/t11-/m0/s1. The van der Waals surface area contributed by atoms with Crippen molar-refractivity contribution in [2.75, 3.05) is 6.54 Å². The minimum atomic E-state index is -0.218. The molecule has 0 saturated heterocycles. The van der Waals surface area contributed by atoms with E-state index in [0.29, 0.717) is 13.0 Å². The van der Waals surface area contributed by atoms with Crippen molar-refractivity contribution in [3.8, 4) is 0 Å². The van der Waals surface area contributed by atoms with E-state index < -0.39 is 0 Å². The summed E-state index contributed by atoms with van der Waals surface area (Å²) in [6.07, 6.45) is 0.701. The number of hydrogen-bond acceptors (Lipinski definition) is 3. The third-order valence-electron chi connectivity index (χ3n) is 4.54. The van der Waals surface area contributed by atoms with Crippen molar-refractivity contribution in [3.05, 3.63) is 47.0 Å². The van der Waals surface area contributed by atoms with E-state index in [9.17, 15) is 4.79 Å². The molecule has 126 valence electrons. The lowest BCUT2D eigenvalue weighted by molar-refractivity contribution is -0.122. The summed E-state index contributed by atoms with van der Waals surface area (Å²) in [6.45, 7) is 6.34. The molecule has 0 saturated carbocycles. The number of carbonyl (C=O) groups is 1. The van der Waals surface area contributed by atoms with Crippen LogP contribution in [0.1, 0.15) is 35.6 Å². The average Bonchev–Trinajstić information content (AvgIpc) is 3.07. The number of aryl methyl sites for hydroxylation is 3. The van der Waals surface area contributed by atoms with Crippen molar-refractivity contribution in [2.45, 2.75) is 33.1 Å². The number of carbonyl (C=O) groups excluding carboxylic acids is 1. The molecule has 6 nitrogen and oxygen atoms in total. The maximum atomic E-state index is 12.4. The topological polar surface area (TPSA) is 75.6 Å². The first kappa shape index (κ1) is 16.2. The summed E-state index contributed by atoms with van der Waals surface area (Å²) in [6, 6.07) is 8.05. The molecule has 24 heavy (non-hydrogen) atoms. The molecule has 1 atom stereocenters. The number of benzene rings is 1. The number of nitrogens with zero attached hydrogens (tertiary/aromatic N) is 3. The summed E-state index contributed by atoms with van der Waals surface area (Å²) >= 11 is 0. The van der Waals surface area contributed by atoms with Gasteiger partial charge in [0.25, 0.3) is 0 Å². The Morgan fingerprint density at radius 3 is 2.75 bits per heavy atom. The lowest BCUT2D eigenvalue weighted by Crippen LogP contribution is -2.30. The third kappa shape index (κ3) is 2.91. The Hall–Kier alpha value is -2.63. The number of aromatic nitrogens is 4. The van der Waals surface area contributed by atoms with Crippen LogP contribution >= 0.6 is 0 Å². The number of rotatable bonds is 5. The molecule has 0 aliphatic rings. The summed E-state index contributed by atoms with van der Waals surface area (Å²) in [7, 11) is 2.01. The molecule has 0 spiro atoms. The molecule has 2 N–H and O–H groups in total. The second-order valence-corrected chi connectivity index (χ2v) is 6.19. The normalized spacial score (nSPS) is 12.5. The first-order valence-electron chi connectivity index (χ1n) is 8.18. The first-order valence-corrected chi connectivity index (χ1v) is 8.18. The van der Waals surface area contributed by atoms with Crippen molar-refractivity contribution in [3.63, 3.8) is 0 Å². The Balaban J connectivity index is 1.63. The zero-order valence-electron chi connectivity index (χ0n) is 14.6. The quantitative estimate of drug-likeness (QED) is 0.756. The van der Waals surface area contributed by atoms with Crippen LogP contribution in [-0.4, -0.2) is 32.2 Å². The number of aromatic amines is 1. The van der Waals surface area contributed by atoms with Crippen molar-refractivity contribution >= 4 is 16.9 Å². The van der Waals surface area contributed by atoms with E-state index in [1.807, 2.05) is 46.0 Å². The van der Waals surface area contributed by atoms with Gasteiger partial charge in [0, 0.05) is 31.3 Å². The Morgan fingerprint density at radius 2 is 2.08 bits per heavy atom. The summed E-state index contributed by atoms with van der Waals surface area (Å²) in [5.41, 5.74) is 4.91. The number of para-hydroxylation sites is 2. The maximum absolute atomic E-state index is 12.4. The van der Waals surface area contributed by atoms with Crippen molar-refractivity contribution in [1.29, 1.82) is 0 Å². The van der Waals surface area contributed by atoms with Gasteiger partial charge < -0.3 is 9.88 Å². The SMILES string of the molecule is Cc1n[nH]c(C)c1[C@H](C)C(=O)NCCc1nc2ccccc2n1C. The van der Waals surface area contributed by atoms with Crippen LogP contribution in [0.5, 0.6) is 0 Å².